The van der Waals surface area contributed by atoms with Crippen LogP contribution in [0.4, 0.5) is 0 Å². The van der Waals surface area contributed by atoms with Gasteiger partial charge in [0, 0.05) is 6.54 Å². The van der Waals surface area contributed by atoms with Crippen molar-refractivity contribution >= 4 is 5.97 Å². The second kappa shape index (κ2) is 8.80. The van der Waals surface area contributed by atoms with E-state index >= 15 is 0 Å². The highest BCUT2D eigenvalue weighted by molar-refractivity contribution is 5.88. The van der Waals surface area contributed by atoms with Gasteiger partial charge in [0.25, 0.3) is 0 Å². The first-order valence-electron chi connectivity index (χ1n) is 10.7. The van der Waals surface area contributed by atoms with Crippen LogP contribution >= 0.6 is 0 Å². The van der Waals surface area contributed by atoms with Crippen molar-refractivity contribution in [3.63, 3.8) is 0 Å². The van der Waals surface area contributed by atoms with Crippen LogP contribution in [0.25, 0.3) is 0 Å². The summed E-state index contributed by atoms with van der Waals surface area (Å²) in [5, 5.41) is 18.5. The molecule has 1 aliphatic carbocycles. The average Bonchev–Trinajstić information content (AvgIpc) is 3.54. The third-order valence-electron chi connectivity index (χ3n) is 6.67. The summed E-state index contributed by atoms with van der Waals surface area (Å²) in [6, 6.07) is 18.0. The largest absolute Gasteiger partial charge is 0.478 e. The zero-order valence-corrected chi connectivity index (χ0v) is 16.8. The van der Waals surface area contributed by atoms with E-state index in [4.69, 9.17) is 5.11 Å². The molecule has 0 radical (unpaired) electrons. The molecule has 1 aliphatic heterocycles. The molecule has 2 fully saturated rings. The predicted molar refractivity (Wildman–Crippen MR) is 113 cm³/mol. The molecule has 2 aromatic rings. The van der Waals surface area contributed by atoms with E-state index in [1.165, 1.54) is 43.7 Å². The van der Waals surface area contributed by atoms with Gasteiger partial charge in [0.2, 0.25) is 0 Å². The number of aromatic carboxylic acids is 1. The summed E-state index contributed by atoms with van der Waals surface area (Å²) >= 11 is 0. The molecule has 0 bridgehead atoms. The second-order valence-electron chi connectivity index (χ2n) is 8.60. The van der Waals surface area contributed by atoms with Gasteiger partial charge in [0.15, 0.2) is 0 Å². The van der Waals surface area contributed by atoms with Gasteiger partial charge in [-0.2, -0.15) is 5.26 Å². The molecule has 1 saturated carbocycles. The molecule has 1 heterocycles. The van der Waals surface area contributed by atoms with E-state index in [-0.39, 0.29) is 5.56 Å². The topological polar surface area (TPSA) is 64.3 Å². The smallest absolute Gasteiger partial charge is 0.335 e. The van der Waals surface area contributed by atoms with E-state index in [0.29, 0.717) is 5.56 Å². The Hall–Kier alpha value is -2.64. The lowest BCUT2D eigenvalue weighted by Crippen LogP contribution is -2.33. The maximum atomic E-state index is 11.1. The summed E-state index contributed by atoms with van der Waals surface area (Å²) in [5.74, 6) is 1.49. The predicted octanol–water partition coefficient (Wildman–Crippen LogP) is 5.05. The number of hydrogen-bond donors (Lipinski definition) is 1. The number of nitrogens with zero attached hydrogens (tertiary/aromatic N) is 2. The Labute approximate surface area is 172 Å². The van der Waals surface area contributed by atoms with Crippen LogP contribution in [0.3, 0.4) is 0 Å². The van der Waals surface area contributed by atoms with Gasteiger partial charge in [0.1, 0.15) is 0 Å². The number of nitriles is 1. The van der Waals surface area contributed by atoms with Crippen molar-refractivity contribution in [3.8, 4) is 6.07 Å². The first kappa shape index (κ1) is 19.7. The molecule has 2 aromatic carbocycles. The molecular weight excluding hydrogens is 360 g/mol. The highest BCUT2D eigenvalue weighted by atomic mass is 16.4. The van der Waals surface area contributed by atoms with E-state index in [1.807, 2.05) is 0 Å². The third kappa shape index (κ3) is 4.86. The number of benzene rings is 2. The van der Waals surface area contributed by atoms with Gasteiger partial charge in [-0.3, -0.25) is 4.90 Å². The van der Waals surface area contributed by atoms with Crippen LogP contribution in [0.5, 0.6) is 0 Å². The van der Waals surface area contributed by atoms with Crippen LogP contribution in [0.2, 0.25) is 0 Å². The maximum Gasteiger partial charge on any atom is 0.335 e. The van der Waals surface area contributed by atoms with Gasteiger partial charge in [-0.1, -0.05) is 42.8 Å². The third-order valence-corrected chi connectivity index (χ3v) is 6.67. The molecule has 2 aliphatic rings. The van der Waals surface area contributed by atoms with Gasteiger partial charge < -0.3 is 5.11 Å². The second-order valence-corrected chi connectivity index (χ2v) is 8.60. The van der Waals surface area contributed by atoms with E-state index in [0.717, 1.165) is 43.0 Å². The van der Waals surface area contributed by atoms with Crippen molar-refractivity contribution in [1.82, 2.24) is 4.90 Å². The SMILES string of the molecule is N#Cc1cc(C(=O)O)ccc1CN1CCC(CC[C@@H]2CC2c2ccccc2)CC1. The van der Waals surface area contributed by atoms with Crippen LogP contribution in [-0.4, -0.2) is 29.1 Å². The molecule has 0 spiro atoms. The minimum Gasteiger partial charge on any atom is -0.478 e. The standard InChI is InChI=1S/C25H28N2O2/c26-16-23-14-21(25(28)29)8-9-22(23)17-27-12-10-18(11-13-27)6-7-20-15-24(20)19-4-2-1-3-5-19/h1-5,8-9,14,18,20,24H,6-7,10-13,15,17H2,(H,28,29)/t20-,24?/m1/s1. The lowest BCUT2D eigenvalue weighted by Gasteiger charge is -2.32. The number of piperidine rings is 1. The maximum absolute atomic E-state index is 11.1. The Balaban J connectivity index is 1.22. The van der Waals surface area contributed by atoms with Crippen LogP contribution in [-0.2, 0) is 6.54 Å². The highest BCUT2D eigenvalue weighted by Crippen LogP contribution is 2.50. The normalized spacial score (nSPS) is 22.2. The van der Waals surface area contributed by atoms with Crippen LogP contribution in [0, 0.1) is 23.2 Å². The first-order chi connectivity index (χ1) is 14.1. The molecule has 4 nitrogen and oxygen atoms in total. The first-order valence-corrected chi connectivity index (χ1v) is 10.7. The Morgan fingerprint density at radius 2 is 1.86 bits per heavy atom. The minimum atomic E-state index is -0.987. The van der Waals surface area contributed by atoms with E-state index in [9.17, 15) is 10.1 Å². The number of carboxylic acid groups (broad SMARTS) is 1. The molecule has 1 N–H and O–H groups in total. The van der Waals surface area contributed by atoms with Gasteiger partial charge >= 0.3 is 5.97 Å². The molecular formula is C25H28N2O2. The molecule has 2 atom stereocenters. The molecule has 0 amide bonds. The van der Waals surface area contributed by atoms with E-state index < -0.39 is 5.97 Å². The lowest BCUT2D eigenvalue weighted by atomic mass is 9.90. The summed E-state index contributed by atoms with van der Waals surface area (Å²) < 4.78 is 0. The van der Waals surface area contributed by atoms with E-state index in [2.05, 4.69) is 41.3 Å². The Bertz CT molecular complexity index is 895. The molecule has 1 saturated heterocycles. The number of carbonyl (C=O) groups is 1. The number of hydrogen-bond acceptors (Lipinski definition) is 3. The molecule has 4 rings (SSSR count). The van der Waals surface area contributed by atoms with Gasteiger partial charge in [0.05, 0.1) is 17.2 Å². The number of carboxylic acids is 1. The van der Waals surface area contributed by atoms with Crippen LogP contribution in [0.1, 0.15) is 65.1 Å². The minimum absolute atomic E-state index is 0.179. The molecule has 0 aromatic heterocycles. The summed E-state index contributed by atoms with van der Waals surface area (Å²) in [6.45, 7) is 2.85. The van der Waals surface area contributed by atoms with Crippen molar-refractivity contribution in [2.45, 2.75) is 44.6 Å². The van der Waals surface area contributed by atoms with Gasteiger partial charge in [-0.15, -0.1) is 0 Å². The fourth-order valence-electron chi connectivity index (χ4n) is 4.75. The van der Waals surface area contributed by atoms with Crippen LogP contribution < -0.4 is 0 Å². The number of likely N-dealkylation sites (tertiary alicyclic amines) is 1. The van der Waals surface area contributed by atoms with Gasteiger partial charge in [-0.25, -0.2) is 4.79 Å². The van der Waals surface area contributed by atoms with Crippen molar-refractivity contribution in [2.75, 3.05) is 13.1 Å². The van der Waals surface area contributed by atoms with Gasteiger partial charge in [-0.05, 0) is 79.8 Å². The van der Waals surface area contributed by atoms with E-state index in [1.54, 1.807) is 12.1 Å². The fourth-order valence-corrected chi connectivity index (χ4v) is 4.75. The quantitative estimate of drug-likeness (QED) is 0.721. The molecule has 1 unspecified atom stereocenters. The van der Waals surface area contributed by atoms with Crippen molar-refractivity contribution in [2.24, 2.45) is 11.8 Å². The summed E-state index contributed by atoms with van der Waals surface area (Å²) in [6.07, 6.45) is 6.47. The molecule has 29 heavy (non-hydrogen) atoms. The number of rotatable bonds is 7. The summed E-state index contributed by atoms with van der Waals surface area (Å²) in [4.78, 5) is 13.5. The zero-order chi connectivity index (χ0) is 20.2. The Kier molecular flexibility index (Phi) is 5.97. The average molecular weight is 389 g/mol. The Morgan fingerprint density at radius 1 is 1.10 bits per heavy atom. The summed E-state index contributed by atoms with van der Waals surface area (Å²) in [7, 11) is 0. The molecule has 4 heteroatoms. The van der Waals surface area contributed by atoms with Crippen molar-refractivity contribution in [1.29, 1.82) is 5.26 Å². The molecule has 150 valence electrons. The fraction of sp³-hybridized carbons (Fsp3) is 0.440. The highest BCUT2D eigenvalue weighted by Gasteiger charge is 2.38. The summed E-state index contributed by atoms with van der Waals surface area (Å²) in [5.41, 5.74) is 3.10. The van der Waals surface area contributed by atoms with Crippen molar-refractivity contribution in [3.05, 3.63) is 70.8 Å². The Morgan fingerprint density at radius 3 is 2.55 bits per heavy atom. The zero-order valence-electron chi connectivity index (χ0n) is 16.8. The van der Waals surface area contributed by atoms with Crippen LogP contribution in [0.15, 0.2) is 48.5 Å². The van der Waals surface area contributed by atoms with Crippen molar-refractivity contribution < 1.29 is 9.90 Å². The lowest BCUT2D eigenvalue weighted by molar-refractivity contribution is 0.0697. The monoisotopic (exact) mass is 388 g/mol.